The van der Waals surface area contributed by atoms with E-state index < -0.39 is 11.1 Å². The number of para-hydroxylation sites is 1. The molecule has 0 unspecified atom stereocenters. The minimum Gasteiger partial charge on any atom is -0.483 e. The van der Waals surface area contributed by atoms with Crippen LogP contribution in [0.1, 0.15) is 11.1 Å². The van der Waals surface area contributed by atoms with Gasteiger partial charge in [-0.3, -0.25) is 19.7 Å². The number of carbonyl (C=O) groups is 3. The van der Waals surface area contributed by atoms with Gasteiger partial charge in [-0.2, -0.15) is 0 Å². The first-order valence-electron chi connectivity index (χ1n) is 7.95. The van der Waals surface area contributed by atoms with Gasteiger partial charge in [-0.25, -0.2) is 0 Å². The lowest BCUT2D eigenvalue weighted by atomic mass is 10.2. The zero-order valence-corrected chi connectivity index (χ0v) is 15.8. The van der Waals surface area contributed by atoms with E-state index in [0.29, 0.717) is 22.0 Å². The molecule has 0 spiro atoms. The fraction of sp³-hybridized carbons (Fsp3) is 0.105. The van der Waals surface area contributed by atoms with Crippen LogP contribution in [0.3, 0.4) is 0 Å². The molecule has 0 bridgehead atoms. The first-order valence-corrected chi connectivity index (χ1v) is 9.14. The molecule has 0 aliphatic carbocycles. The van der Waals surface area contributed by atoms with Crippen molar-refractivity contribution in [2.75, 3.05) is 11.9 Å². The largest absolute Gasteiger partial charge is 0.483 e. The molecule has 8 heteroatoms. The molecule has 1 aliphatic rings. The Morgan fingerprint density at radius 3 is 2.74 bits per heavy atom. The standard InChI is InChI=1S/C19H15ClN2O4S/c1-11-6-7-13(9-14(11)20)21-17(23)10-26-15-5-3-2-4-12(15)8-16-18(24)22-19(25)27-16/h2-9H,10H2,1H3,(H,21,23)(H,22,24,25)/b16-8-. The van der Waals surface area contributed by atoms with E-state index in [4.69, 9.17) is 16.3 Å². The lowest BCUT2D eigenvalue weighted by molar-refractivity contribution is -0.118. The number of hydrogen-bond donors (Lipinski definition) is 2. The van der Waals surface area contributed by atoms with Gasteiger partial charge in [-0.05, 0) is 48.5 Å². The third-order valence-electron chi connectivity index (χ3n) is 3.66. The monoisotopic (exact) mass is 402 g/mol. The summed E-state index contributed by atoms with van der Waals surface area (Å²) in [6, 6.07) is 12.2. The Kier molecular flexibility index (Phi) is 5.83. The number of carbonyl (C=O) groups excluding carboxylic acids is 3. The third kappa shape index (κ3) is 4.90. The maximum Gasteiger partial charge on any atom is 0.290 e. The van der Waals surface area contributed by atoms with Gasteiger partial charge in [0.05, 0.1) is 4.91 Å². The molecule has 2 aromatic rings. The zero-order valence-electron chi connectivity index (χ0n) is 14.2. The van der Waals surface area contributed by atoms with Crippen LogP contribution in [0.2, 0.25) is 5.02 Å². The normalized spacial score (nSPS) is 15.0. The Hall–Kier alpha value is -2.77. The molecule has 1 fully saturated rings. The van der Waals surface area contributed by atoms with Gasteiger partial charge in [0, 0.05) is 16.3 Å². The van der Waals surface area contributed by atoms with Gasteiger partial charge in [0.1, 0.15) is 5.75 Å². The van der Waals surface area contributed by atoms with Crippen molar-refractivity contribution in [1.82, 2.24) is 5.32 Å². The van der Waals surface area contributed by atoms with Crippen molar-refractivity contribution in [3.05, 3.63) is 63.5 Å². The average Bonchev–Trinajstić information content (AvgIpc) is 2.94. The number of imide groups is 1. The van der Waals surface area contributed by atoms with Crippen LogP contribution in [0, 0.1) is 6.92 Å². The predicted molar refractivity (Wildman–Crippen MR) is 106 cm³/mol. The quantitative estimate of drug-likeness (QED) is 0.739. The second-order valence-corrected chi connectivity index (χ2v) is 7.11. The molecule has 2 N–H and O–H groups in total. The van der Waals surface area contributed by atoms with Crippen LogP contribution in [-0.4, -0.2) is 23.7 Å². The van der Waals surface area contributed by atoms with Crippen LogP contribution in [0.25, 0.3) is 6.08 Å². The lowest BCUT2D eigenvalue weighted by Gasteiger charge is -2.10. The summed E-state index contributed by atoms with van der Waals surface area (Å²) < 4.78 is 5.58. The lowest BCUT2D eigenvalue weighted by Crippen LogP contribution is -2.20. The number of halogens is 1. The highest BCUT2D eigenvalue weighted by Gasteiger charge is 2.25. The van der Waals surface area contributed by atoms with Gasteiger partial charge >= 0.3 is 0 Å². The third-order valence-corrected chi connectivity index (χ3v) is 4.88. The van der Waals surface area contributed by atoms with Crippen molar-refractivity contribution < 1.29 is 19.1 Å². The molecular formula is C19H15ClN2O4S. The highest BCUT2D eigenvalue weighted by Crippen LogP contribution is 2.29. The Morgan fingerprint density at radius 1 is 1.26 bits per heavy atom. The van der Waals surface area contributed by atoms with Gasteiger partial charge in [-0.15, -0.1) is 0 Å². The van der Waals surface area contributed by atoms with E-state index in [1.807, 2.05) is 13.0 Å². The Morgan fingerprint density at radius 2 is 2.04 bits per heavy atom. The summed E-state index contributed by atoms with van der Waals surface area (Å²) in [6.07, 6.45) is 1.55. The van der Waals surface area contributed by atoms with E-state index >= 15 is 0 Å². The first kappa shape index (κ1) is 19.0. The fourth-order valence-electron chi connectivity index (χ4n) is 2.30. The fourth-order valence-corrected chi connectivity index (χ4v) is 3.16. The molecule has 27 heavy (non-hydrogen) atoms. The van der Waals surface area contributed by atoms with Gasteiger partial charge in [0.25, 0.3) is 17.1 Å². The molecule has 1 saturated heterocycles. The van der Waals surface area contributed by atoms with Crippen molar-refractivity contribution in [2.45, 2.75) is 6.92 Å². The summed E-state index contributed by atoms with van der Waals surface area (Å²) in [5, 5.41) is 5.05. The first-order chi connectivity index (χ1) is 12.9. The van der Waals surface area contributed by atoms with Crippen LogP contribution < -0.4 is 15.4 Å². The van der Waals surface area contributed by atoms with E-state index in [0.717, 1.165) is 17.3 Å². The molecule has 6 nitrogen and oxygen atoms in total. The summed E-state index contributed by atoms with van der Waals surface area (Å²) in [4.78, 5) is 35.4. The number of ether oxygens (including phenoxy) is 1. The van der Waals surface area contributed by atoms with Crippen LogP contribution in [0.4, 0.5) is 10.5 Å². The topological polar surface area (TPSA) is 84.5 Å². The second-order valence-electron chi connectivity index (χ2n) is 5.69. The van der Waals surface area contributed by atoms with Crippen molar-refractivity contribution in [2.24, 2.45) is 0 Å². The molecule has 0 radical (unpaired) electrons. The maximum absolute atomic E-state index is 12.1. The summed E-state index contributed by atoms with van der Waals surface area (Å²) in [5.74, 6) is -0.371. The Labute approximate surface area is 164 Å². The van der Waals surface area contributed by atoms with E-state index in [9.17, 15) is 14.4 Å². The summed E-state index contributed by atoms with van der Waals surface area (Å²) in [7, 11) is 0. The van der Waals surface area contributed by atoms with Gasteiger partial charge in [-0.1, -0.05) is 35.9 Å². The number of amides is 3. The maximum atomic E-state index is 12.1. The van der Waals surface area contributed by atoms with Crippen molar-refractivity contribution in [1.29, 1.82) is 0 Å². The minimum atomic E-state index is -0.450. The number of aryl methyl sites for hydroxylation is 1. The highest BCUT2D eigenvalue weighted by molar-refractivity contribution is 8.18. The van der Waals surface area contributed by atoms with E-state index in [-0.39, 0.29) is 17.4 Å². The Bertz CT molecular complexity index is 958. The van der Waals surface area contributed by atoms with Crippen molar-refractivity contribution in [3.8, 4) is 5.75 Å². The van der Waals surface area contributed by atoms with Crippen LogP contribution >= 0.6 is 23.4 Å². The zero-order chi connectivity index (χ0) is 19.4. The van der Waals surface area contributed by atoms with Crippen LogP contribution in [-0.2, 0) is 9.59 Å². The predicted octanol–water partition coefficient (Wildman–Crippen LogP) is 3.99. The number of hydrogen-bond acceptors (Lipinski definition) is 5. The molecule has 0 saturated carbocycles. The molecule has 1 aliphatic heterocycles. The molecule has 2 aromatic carbocycles. The number of anilines is 1. The molecule has 3 amide bonds. The molecular weight excluding hydrogens is 388 g/mol. The van der Waals surface area contributed by atoms with Gasteiger partial charge < -0.3 is 10.1 Å². The average molecular weight is 403 g/mol. The van der Waals surface area contributed by atoms with E-state index in [1.54, 1.807) is 42.5 Å². The molecule has 138 valence electrons. The van der Waals surface area contributed by atoms with Gasteiger partial charge in [0.15, 0.2) is 6.61 Å². The molecule has 1 heterocycles. The van der Waals surface area contributed by atoms with Crippen molar-refractivity contribution >= 4 is 52.2 Å². The number of benzene rings is 2. The Balaban J connectivity index is 1.67. The van der Waals surface area contributed by atoms with E-state index in [1.165, 1.54) is 0 Å². The SMILES string of the molecule is Cc1ccc(NC(=O)COc2ccccc2/C=C2\SC(=O)NC2=O)cc1Cl. The molecule has 3 rings (SSSR count). The number of nitrogens with one attached hydrogen (secondary N) is 2. The number of rotatable bonds is 5. The summed E-state index contributed by atoms with van der Waals surface area (Å²) >= 11 is 6.87. The van der Waals surface area contributed by atoms with E-state index in [2.05, 4.69) is 10.6 Å². The second kappa shape index (κ2) is 8.28. The summed E-state index contributed by atoms with van der Waals surface area (Å²) in [6.45, 7) is 1.66. The van der Waals surface area contributed by atoms with Crippen molar-refractivity contribution in [3.63, 3.8) is 0 Å². The smallest absolute Gasteiger partial charge is 0.290 e. The highest BCUT2D eigenvalue weighted by atomic mass is 35.5. The molecule has 0 atom stereocenters. The number of thioether (sulfide) groups is 1. The minimum absolute atomic E-state index is 0.218. The van der Waals surface area contributed by atoms with Gasteiger partial charge in [0.2, 0.25) is 0 Å². The molecule has 0 aromatic heterocycles. The van der Waals surface area contributed by atoms with Crippen LogP contribution in [0.15, 0.2) is 47.4 Å². The summed E-state index contributed by atoms with van der Waals surface area (Å²) in [5.41, 5.74) is 2.09. The van der Waals surface area contributed by atoms with Crippen LogP contribution in [0.5, 0.6) is 5.75 Å².